The fourth-order valence-electron chi connectivity index (χ4n) is 4.97. The van der Waals surface area contributed by atoms with Crippen LogP contribution in [0.1, 0.15) is 24.4 Å². The Balaban J connectivity index is 1.40. The maximum absolute atomic E-state index is 13.6. The van der Waals surface area contributed by atoms with Crippen LogP contribution >= 0.6 is 0 Å². The van der Waals surface area contributed by atoms with Crippen molar-refractivity contribution in [3.63, 3.8) is 0 Å². The first-order chi connectivity index (χ1) is 12.6. The fraction of sp³-hybridized carbons (Fsp3) is 0.650. The average molecular weight is 360 g/mol. The predicted octanol–water partition coefficient (Wildman–Crippen LogP) is 2.11. The van der Waals surface area contributed by atoms with Crippen molar-refractivity contribution in [2.45, 2.75) is 31.1 Å². The Morgan fingerprint density at radius 3 is 2.58 bits per heavy atom. The third kappa shape index (κ3) is 3.21. The van der Waals surface area contributed by atoms with E-state index >= 15 is 0 Å². The first-order valence-corrected chi connectivity index (χ1v) is 9.59. The molecule has 5 unspecified atom stereocenters. The molecule has 142 valence electrons. The Hall–Kier alpha value is -1.66. The summed E-state index contributed by atoms with van der Waals surface area (Å²) in [7, 11) is 5.89. The molecule has 1 N–H and O–H groups in total. The summed E-state index contributed by atoms with van der Waals surface area (Å²) in [6, 6.07) is 6.94. The Kier molecular flexibility index (Phi) is 4.88. The first-order valence-electron chi connectivity index (χ1n) is 9.59. The molecule has 0 aromatic heterocycles. The van der Waals surface area contributed by atoms with Crippen molar-refractivity contribution in [1.29, 1.82) is 0 Å². The smallest absolute Gasteiger partial charge is 0.193 e. The second kappa shape index (κ2) is 7.16. The second-order valence-electron chi connectivity index (χ2n) is 7.99. The van der Waals surface area contributed by atoms with Crippen molar-refractivity contribution in [2.75, 3.05) is 40.8 Å². The summed E-state index contributed by atoms with van der Waals surface area (Å²) in [6.45, 7) is 2.74. The van der Waals surface area contributed by atoms with Crippen LogP contribution in [0.3, 0.4) is 0 Å². The average Bonchev–Trinajstić information content (AvgIpc) is 3.31. The van der Waals surface area contributed by atoms with E-state index in [0.29, 0.717) is 30.6 Å². The molecule has 0 aliphatic carbocycles. The van der Waals surface area contributed by atoms with Crippen LogP contribution in [0, 0.1) is 17.7 Å². The van der Waals surface area contributed by atoms with E-state index in [1.54, 1.807) is 12.1 Å². The Bertz CT molecular complexity index is 662. The van der Waals surface area contributed by atoms with Gasteiger partial charge in [0.05, 0.1) is 18.2 Å². The van der Waals surface area contributed by atoms with E-state index in [0.717, 1.165) is 24.6 Å². The monoisotopic (exact) mass is 360 g/mol. The zero-order valence-corrected chi connectivity index (χ0v) is 15.9. The number of nitrogens with zero attached hydrogens (tertiary/aromatic N) is 3. The van der Waals surface area contributed by atoms with Crippen molar-refractivity contribution in [2.24, 2.45) is 16.8 Å². The molecular weight excluding hydrogens is 331 g/mol. The maximum atomic E-state index is 13.6. The lowest BCUT2D eigenvalue weighted by Crippen LogP contribution is -2.44. The molecule has 3 heterocycles. The van der Waals surface area contributed by atoms with Gasteiger partial charge in [-0.2, -0.15) is 0 Å². The number of halogens is 1. The number of nitrogens with one attached hydrogen (secondary N) is 1. The highest BCUT2D eigenvalue weighted by Gasteiger charge is 2.53. The number of aliphatic imine (C=N–C) groups is 1. The molecular formula is C20H29FN4O. The molecule has 0 amide bonds. The van der Waals surface area contributed by atoms with Gasteiger partial charge in [-0.15, -0.1) is 0 Å². The third-order valence-electron chi connectivity index (χ3n) is 6.27. The molecule has 1 aromatic carbocycles. The molecule has 0 spiro atoms. The number of benzene rings is 1. The van der Waals surface area contributed by atoms with Crippen LogP contribution in [-0.2, 0) is 4.74 Å². The second-order valence-corrected chi connectivity index (χ2v) is 7.99. The lowest BCUT2D eigenvalue weighted by atomic mass is 9.82. The van der Waals surface area contributed by atoms with Gasteiger partial charge in [-0.1, -0.05) is 12.1 Å². The number of likely N-dealkylation sites (tertiary alicyclic amines) is 1. The number of hydrogen-bond donors (Lipinski definition) is 1. The van der Waals surface area contributed by atoms with Crippen LogP contribution in [0.25, 0.3) is 0 Å². The van der Waals surface area contributed by atoms with E-state index in [-0.39, 0.29) is 11.9 Å². The molecule has 5 nitrogen and oxygen atoms in total. The normalized spacial score (nSPS) is 31.6. The van der Waals surface area contributed by atoms with E-state index in [4.69, 9.17) is 4.74 Å². The summed E-state index contributed by atoms with van der Waals surface area (Å²) in [5, 5.41) is 3.52. The van der Waals surface area contributed by atoms with Crippen LogP contribution in [0.4, 0.5) is 4.39 Å². The Labute approximate surface area is 155 Å². The maximum Gasteiger partial charge on any atom is 0.193 e. The largest absolute Gasteiger partial charge is 0.374 e. The predicted molar refractivity (Wildman–Crippen MR) is 101 cm³/mol. The van der Waals surface area contributed by atoms with Gasteiger partial charge in [0, 0.05) is 38.5 Å². The van der Waals surface area contributed by atoms with Gasteiger partial charge < -0.3 is 19.9 Å². The quantitative estimate of drug-likeness (QED) is 0.660. The summed E-state index contributed by atoms with van der Waals surface area (Å²) in [6.07, 6.45) is 3.34. The zero-order valence-electron chi connectivity index (χ0n) is 15.9. The molecule has 3 fully saturated rings. The van der Waals surface area contributed by atoms with Crippen molar-refractivity contribution in [3.8, 4) is 0 Å². The van der Waals surface area contributed by atoms with Gasteiger partial charge in [-0.05, 0) is 44.6 Å². The highest BCUT2D eigenvalue weighted by Crippen LogP contribution is 2.47. The minimum absolute atomic E-state index is 0.0871. The van der Waals surface area contributed by atoms with Gasteiger partial charge in [0.25, 0.3) is 0 Å². The van der Waals surface area contributed by atoms with Crippen molar-refractivity contribution >= 4 is 5.96 Å². The summed E-state index contributed by atoms with van der Waals surface area (Å²) in [5.74, 6) is 2.06. The van der Waals surface area contributed by atoms with E-state index in [2.05, 4.69) is 20.1 Å². The molecule has 6 heteroatoms. The molecule has 4 rings (SSSR count). The SMILES string of the molecule is CN=C(NCC(c1cccc(F)c1)N(C)C)N1CC2C3CCC(O3)C2C1. The molecule has 3 aliphatic rings. The number of fused-ring (bicyclic) bond motifs is 5. The van der Waals surface area contributed by atoms with E-state index < -0.39 is 0 Å². The van der Waals surface area contributed by atoms with Crippen molar-refractivity contribution in [1.82, 2.24) is 15.1 Å². The minimum Gasteiger partial charge on any atom is -0.374 e. The van der Waals surface area contributed by atoms with Crippen LogP contribution in [0.5, 0.6) is 0 Å². The van der Waals surface area contributed by atoms with Crippen molar-refractivity contribution < 1.29 is 9.13 Å². The van der Waals surface area contributed by atoms with Crippen molar-refractivity contribution in [3.05, 3.63) is 35.6 Å². The van der Waals surface area contributed by atoms with Crippen LogP contribution < -0.4 is 5.32 Å². The topological polar surface area (TPSA) is 40.1 Å². The highest BCUT2D eigenvalue weighted by atomic mass is 19.1. The molecule has 3 saturated heterocycles. The standard InChI is InChI=1S/C20H29FN4O/c1-22-20(25-11-15-16(12-25)19-8-7-18(15)26-19)23-10-17(24(2)3)13-5-4-6-14(21)9-13/h4-6,9,15-19H,7-8,10-12H2,1-3H3,(H,22,23). The zero-order chi connectivity index (χ0) is 18.3. The van der Waals surface area contributed by atoms with E-state index in [9.17, 15) is 4.39 Å². The van der Waals surface area contributed by atoms with Crippen LogP contribution in [0.2, 0.25) is 0 Å². The first kappa shape index (κ1) is 17.7. The minimum atomic E-state index is -0.193. The van der Waals surface area contributed by atoms with Gasteiger partial charge in [0.2, 0.25) is 0 Å². The third-order valence-corrected chi connectivity index (χ3v) is 6.27. The number of ether oxygens (including phenoxy) is 1. The highest BCUT2D eigenvalue weighted by molar-refractivity contribution is 5.80. The Morgan fingerprint density at radius 2 is 2.00 bits per heavy atom. The lowest BCUT2D eigenvalue weighted by molar-refractivity contribution is 0.0767. The fourth-order valence-corrected chi connectivity index (χ4v) is 4.97. The van der Waals surface area contributed by atoms with Gasteiger partial charge in [-0.3, -0.25) is 4.99 Å². The number of guanidine groups is 1. The van der Waals surface area contributed by atoms with E-state index in [1.165, 1.54) is 18.9 Å². The summed E-state index contributed by atoms with van der Waals surface area (Å²) in [5.41, 5.74) is 0.975. The number of rotatable bonds is 4. The summed E-state index contributed by atoms with van der Waals surface area (Å²) < 4.78 is 19.7. The molecule has 1 aromatic rings. The summed E-state index contributed by atoms with van der Waals surface area (Å²) >= 11 is 0. The molecule has 0 saturated carbocycles. The molecule has 5 atom stereocenters. The van der Waals surface area contributed by atoms with Gasteiger partial charge in [0.15, 0.2) is 5.96 Å². The van der Waals surface area contributed by atoms with E-state index in [1.807, 2.05) is 27.2 Å². The van der Waals surface area contributed by atoms with Gasteiger partial charge in [0.1, 0.15) is 5.82 Å². The van der Waals surface area contributed by atoms with Crippen LogP contribution in [0.15, 0.2) is 29.3 Å². The van der Waals surface area contributed by atoms with Crippen LogP contribution in [-0.4, -0.2) is 68.7 Å². The molecule has 0 radical (unpaired) electrons. The number of hydrogen-bond acceptors (Lipinski definition) is 3. The number of likely N-dealkylation sites (N-methyl/N-ethyl adjacent to an activating group) is 1. The summed E-state index contributed by atoms with van der Waals surface area (Å²) in [4.78, 5) is 9.00. The Morgan fingerprint density at radius 1 is 1.31 bits per heavy atom. The lowest BCUT2D eigenvalue weighted by Gasteiger charge is -2.29. The molecule has 3 aliphatic heterocycles. The molecule has 2 bridgehead atoms. The van der Waals surface area contributed by atoms with Gasteiger partial charge >= 0.3 is 0 Å². The van der Waals surface area contributed by atoms with Gasteiger partial charge in [-0.25, -0.2) is 4.39 Å². The molecule has 26 heavy (non-hydrogen) atoms.